The maximum Gasteiger partial charge on any atom is 0.339 e. The lowest BCUT2D eigenvalue weighted by molar-refractivity contribution is 0.0600. The molecule has 0 spiro atoms. The molecule has 0 aliphatic carbocycles. The van der Waals surface area contributed by atoms with E-state index in [-0.39, 0.29) is 0 Å². The van der Waals surface area contributed by atoms with E-state index < -0.39 is 5.97 Å². The lowest BCUT2D eigenvalue weighted by atomic mass is 10.2. The van der Waals surface area contributed by atoms with E-state index in [1.807, 2.05) is 6.92 Å². The number of esters is 1. The number of carbonyl (C=O) groups is 1. The van der Waals surface area contributed by atoms with Crippen molar-refractivity contribution in [3.63, 3.8) is 0 Å². The highest BCUT2D eigenvalue weighted by Crippen LogP contribution is 2.22. The first-order valence-electron chi connectivity index (χ1n) is 4.19. The topological polar surface area (TPSA) is 35.5 Å². The summed E-state index contributed by atoms with van der Waals surface area (Å²) in [6, 6.07) is 4.88. The van der Waals surface area contributed by atoms with Gasteiger partial charge in [-0.2, -0.15) is 0 Å². The van der Waals surface area contributed by atoms with E-state index in [4.69, 9.17) is 16.3 Å². The molecule has 1 aromatic rings. The Morgan fingerprint density at radius 3 is 2.79 bits per heavy atom. The monoisotopic (exact) mass is 214 g/mol. The summed E-state index contributed by atoms with van der Waals surface area (Å²) in [6.07, 6.45) is 0. The zero-order chi connectivity index (χ0) is 10.6. The largest absolute Gasteiger partial charge is 0.494 e. The van der Waals surface area contributed by atoms with Crippen molar-refractivity contribution in [3.05, 3.63) is 28.8 Å². The summed E-state index contributed by atoms with van der Waals surface area (Å²) >= 11 is 5.81. The number of carbonyl (C=O) groups excluding carboxylic acids is 1. The number of halogens is 1. The van der Waals surface area contributed by atoms with E-state index in [9.17, 15) is 4.79 Å². The number of hydrogen-bond donors (Lipinski definition) is 0. The quantitative estimate of drug-likeness (QED) is 0.726. The van der Waals surface area contributed by atoms with Gasteiger partial charge in [-0.1, -0.05) is 11.6 Å². The van der Waals surface area contributed by atoms with E-state index in [0.717, 1.165) is 0 Å². The highest BCUT2D eigenvalue weighted by molar-refractivity contribution is 6.33. The van der Waals surface area contributed by atoms with Crippen LogP contribution in [-0.4, -0.2) is 19.7 Å². The highest BCUT2D eigenvalue weighted by atomic mass is 35.5. The third-order valence-electron chi connectivity index (χ3n) is 1.65. The van der Waals surface area contributed by atoms with Gasteiger partial charge in [-0.05, 0) is 25.1 Å². The summed E-state index contributed by atoms with van der Waals surface area (Å²) in [7, 11) is 1.31. The first kappa shape index (κ1) is 10.9. The molecular weight excluding hydrogens is 204 g/mol. The summed E-state index contributed by atoms with van der Waals surface area (Å²) in [5.74, 6) is 0.147. The molecule has 0 aromatic heterocycles. The summed E-state index contributed by atoms with van der Waals surface area (Å²) in [5, 5.41) is 0.361. The fourth-order valence-electron chi connectivity index (χ4n) is 1.03. The number of methoxy groups -OCH3 is 1. The molecule has 4 heteroatoms. The predicted octanol–water partition coefficient (Wildman–Crippen LogP) is 2.53. The normalized spacial score (nSPS) is 9.64. The average molecular weight is 215 g/mol. The van der Waals surface area contributed by atoms with Gasteiger partial charge in [-0.3, -0.25) is 0 Å². The Morgan fingerprint density at radius 2 is 2.21 bits per heavy atom. The molecule has 0 bridgehead atoms. The van der Waals surface area contributed by atoms with Crippen LogP contribution in [0.4, 0.5) is 0 Å². The molecule has 0 N–H and O–H groups in total. The van der Waals surface area contributed by atoms with Crippen molar-refractivity contribution in [3.8, 4) is 5.75 Å². The summed E-state index contributed by atoms with van der Waals surface area (Å²) in [5.41, 5.74) is 0.320. The fraction of sp³-hybridized carbons (Fsp3) is 0.300. The minimum atomic E-state index is -0.462. The summed E-state index contributed by atoms with van der Waals surface area (Å²) in [6.45, 7) is 2.41. The molecule has 0 aliphatic rings. The molecule has 0 atom stereocenters. The lowest BCUT2D eigenvalue weighted by Crippen LogP contribution is -2.03. The molecule has 1 rings (SSSR count). The minimum Gasteiger partial charge on any atom is -0.494 e. The van der Waals surface area contributed by atoms with E-state index >= 15 is 0 Å². The predicted molar refractivity (Wildman–Crippen MR) is 54.0 cm³/mol. The Morgan fingerprint density at radius 1 is 1.50 bits per heavy atom. The molecule has 76 valence electrons. The molecule has 3 nitrogen and oxygen atoms in total. The van der Waals surface area contributed by atoms with Gasteiger partial charge in [0.1, 0.15) is 5.75 Å². The van der Waals surface area contributed by atoms with Gasteiger partial charge in [0.05, 0.1) is 24.3 Å². The first-order chi connectivity index (χ1) is 6.69. The fourth-order valence-corrected chi connectivity index (χ4v) is 1.22. The van der Waals surface area contributed by atoms with Crippen molar-refractivity contribution in [2.45, 2.75) is 6.92 Å². The highest BCUT2D eigenvalue weighted by Gasteiger charge is 2.11. The van der Waals surface area contributed by atoms with Crippen molar-refractivity contribution in [2.24, 2.45) is 0 Å². The SMILES string of the molecule is CCOc1ccc(Cl)c(C(=O)OC)c1. The second kappa shape index (κ2) is 4.86. The van der Waals surface area contributed by atoms with Crippen molar-refractivity contribution in [2.75, 3.05) is 13.7 Å². The first-order valence-corrected chi connectivity index (χ1v) is 4.57. The Kier molecular flexibility index (Phi) is 3.77. The molecule has 1 aromatic carbocycles. The molecule has 0 radical (unpaired) electrons. The molecular formula is C10H11ClO3. The second-order valence-electron chi connectivity index (χ2n) is 2.57. The number of rotatable bonds is 3. The number of ether oxygens (including phenoxy) is 2. The van der Waals surface area contributed by atoms with Gasteiger partial charge in [0, 0.05) is 0 Å². The Balaban J connectivity index is 3.01. The van der Waals surface area contributed by atoms with Gasteiger partial charge in [0.25, 0.3) is 0 Å². The van der Waals surface area contributed by atoms with Crippen LogP contribution in [0.1, 0.15) is 17.3 Å². The van der Waals surface area contributed by atoms with Crippen LogP contribution in [0.15, 0.2) is 18.2 Å². The maximum atomic E-state index is 11.2. The number of hydrogen-bond acceptors (Lipinski definition) is 3. The van der Waals surface area contributed by atoms with Gasteiger partial charge >= 0.3 is 5.97 Å². The van der Waals surface area contributed by atoms with Gasteiger partial charge < -0.3 is 9.47 Å². The van der Waals surface area contributed by atoms with Crippen LogP contribution in [-0.2, 0) is 4.74 Å². The zero-order valence-electron chi connectivity index (χ0n) is 8.04. The van der Waals surface area contributed by atoms with Crippen molar-refractivity contribution >= 4 is 17.6 Å². The molecule has 0 saturated carbocycles. The van der Waals surface area contributed by atoms with E-state index in [1.165, 1.54) is 7.11 Å². The molecule has 0 saturated heterocycles. The second-order valence-corrected chi connectivity index (χ2v) is 2.97. The van der Waals surface area contributed by atoms with Crippen LogP contribution in [0.3, 0.4) is 0 Å². The van der Waals surface area contributed by atoms with Crippen LogP contribution in [0.5, 0.6) is 5.75 Å². The third-order valence-corrected chi connectivity index (χ3v) is 1.98. The van der Waals surface area contributed by atoms with Crippen LogP contribution in [0, 0.1) is 0 Å². The van der Waals surface area contributed by atoms with Gasteiger partial charge in [0.2, 0.25) is 0 Å². The molecule has 0 aliphatic heterocycles. The molecule has 0 unspecified atom stereocenters. The van der Waals surface area contributed by atoms with Gasteiger partial charge in [-0.15, -0.1) is 0 Å². The van der Waals surface area contributed by atoms with E-state index in [2.05, 4.69) is 4.74 Å². The van der Waals surface area contributed by atoms with Crippen LogP contribution in [0.2, 0.25) is 5.02 Å². The maximum absolute atomic E-state index is 11.2. The van der Waals surface area contributed by atoms with Crippen molar-refractivity contribution < 1.29 is 14.3 Å². The van der Waals surface area contributed by atoms with E-state index in [1.54, 1.807) is 18.2 Å². The van der Waals surface area contributed by atoms with Gasteiger partial charge in [-0.25, -0.2) is 4.79 Å². The number of benzene rings is 1. The van der Waals surface area contributed by atoms with Gasteiger partial charge in [0.15, 0.2) is 0 Å². The lowest BCUT2D eigenvalue weighted by Gasteiger charge is -2.06. The Labute approximate surface area is 87.6 Å². The van der Waals surface area contributed by atoms with E-state index in [0.29, 0.717) is 22.9 Å². The van der Waals surface area contributed by atoms with Crippen LogP contribution in [0.25, 0.3) is 0 Å². The third kappa shape index (κ3) is 2.39. The standard InChI is InChI=1S/C10H11ClO3/c1-3-14-7-4-5-9(11)8(6-7)10(12)13-2/h4-6H,3H2,1-2H3. The minimum absolute atomic E-state index is 0.320. The Hall–Kier alpha value is -1.22. The van der Waals surface area contributed by atoms with Crippen LogP contribution >= 0.6 is 11.6 Å². The molecule has 14 heavy (non-hydrogen) atoms. The molecule has 0 amide bonds. The van der Waals surface area contributed by atoms with Crippen molar-refractivity contribution in [1.82, 2.24) is 0 Å². The van der Waals surface area contributed by atoms with Crippen LogP contribution < -0.4 is 4.74 Å². The molecule has 0 fully saturated rings. The molecule has 0 heterocycles. The van der Waals surface area contributed by atoms with Crippen molar-refractivity contribution in [1.29, 1.82) is 0 Å². The average Bonchev–Trinajstić information content (AvgIpc) is 2.20. The zero-order valence-corrected chi connectivity index (χ0v) is 8.80. The smallest absolute Gasteiger partial charge is 0.339 e. The summed E-state index contributed by atoms with van der Waals surface area (Å²) in [4.78, 5) is 11.2. The summed E-state index contributed by atoms with van der Waals surface area (Å²) < 4.78 is 9.80. The Bertz CT molecular complexity index is 336.